The highest BCUT2D eigenvalue weighted by Crippen LogP contribution is 2.12. The number of nitriles is 1. The van der Waals surface area contributed by atoms with Crippen molar-refractivity contribution in [3.63, 3.8) is 0 Å². The molecule has 5 heteroatoms. The largest absolute Gasteiger partial charge is 0.380 e. The van der Waals surface area contributed by atoms with Crippen LogP contribution in [0.2, 0.25) is 0 Å². The number of nitrogens with zero attached hydrogens (tertiary/aromatic N) is 3. The summed E-state index contributed by atoms with van der Waals surface area (Å²) in [6.07, 6.45) is 3.72. The van der Waals surface area contributed by atoms with Crippen LogP contribution in [0.4, 0.5) is 0 Å². The lowest BCUT2D eigenvalue weighted by molar-refractivity contribution is 0.0746. The third-order valence-electron chi connectivity index (χ3n) is 3.36. The fraction of sp³-hybridized carbons (Fsp3) is 0.278. The molecule has 0 saturated carbocycles. The van der Waals surface area contributed by atoms with Gasteiger partial charge in [-0.1, -0.05) is 18.2 Å². The number of aromatic nitrogens is 1. The standard InChI is InChI=1S/C18H19N3O2/c1-23-14-15-5-2-7-17(11-15)18(22)21(10-4-8-19)13-16-6-3-9-20-12-16/h2-3,5-7,9,11-12H,4,10,13-14H2,1H3. The highest BCUT2D eigenvalue weighted by atomic mass is 16.5. The van der Waals surface area contributed by atoms with E-state index < -0.39 is 0 Å². The molecule has 1 aromatic carbocycles. The zero-order valence-corrected chi connectivity index (χ0v) is 13.1. The van der Waals surface area contributed by atoms with Gasteiger partial charge in [0.1, 0.15) is 0 Å². The Labute approximate surface area is 136 Å². The molecule has 0 atom stereocenters. The van der Waals surface area contributed by atoms with Crippen LogP contribution < -0.4 is 0 Å². The molecule has 0 aliphatic rings. The summed E-state index contributed by atoms with van der Waals surface area (Å²) < 4.78 is 5.11. The lowest BCUT2D eigenvalue weighted by atomic mass is 10.1. The summed E-state index contributed by atoms with van der Waals surface area (Å²) in [6.45, 7) is 1.28. The Bertz CT molecular complexity index is 680. The molecule has 1 aromatic heterocycles. The Kier molecular flexibility index (Phi) is 6.28. The number of benzene rings is 1. The zero-order chi connectivity index (χ0) is 16.5. The van der Waals surface area contributed by atoms with Gasteiger partial charge in [-0.05, 0) is 29.3 Å². The number of pyridine rings is 1. The van der Waals surface area contributed by atoms with Gasteiger partial charge in [0.25, 0.3) is 5.91 Å². The first-order chi connectivity index (χ1) is 11.2. The minimum Gasteiger partial charge on any atom is -0.380 e. The highest BCUT2D eigenvalue weighted by Gasteiger charge is 2.16. The number of carbonyl (C=O) groups is 1. The molecule has 0 radical (unpaired) electrons. The molecular formula is C18H19N3O2. The predicted octanol–water partition coefficient (Wildman–Crippen LogP) is 2.78. The van der Waals surface area contributed by atoms with Gasteiger partial charge in [-0.25, -0.2) is 0 Å². The van der Waals surface area contributed by atoms with Crippen molar-refractivity contribution in [1.29, 1.82) is 5.26 Å². The van der Waals surface area contributed by atoms with Crippen LogP contribution in [-0.2, 0) is 17.9 Å². The van der Waals surface area contributed by atoms with E-state index in [0.29, 0.717) is 31.7 Å². The average molecular weight is 309 g/mol. The average Bonchev–Trinajstić information content (AvgIpc) is 2.59. The number of rotatable bonds is 7. The van der Waals surface area contributed by atoms with Gasteiger partial charge in [0.05, 0.1) is 19.1 Å². The van der Waals surface area contributed by atoms with Crippen LogP contribution >= 0.6 is 0 Å². The molecule has 2 aromatic rings. The van der Waals surface area contributed by atoms with E-state index >= 15 is 0 Å². The Hall–Kier alpha value is -2.71. The predicted molar refractivity (Wildman–Crippen MR) is 86.4 cm³/mol. The Morgan fingerprint density at radius 2 is 2.13 bits per heavy atom. The van der Waals surface area contributed by atoms with Gasteiger partial charge < -0.3 is 9.64 Å². The van der Waals surface area contributed by atoms with E-state index in [1.165, 1.54) is 0 Å². The van der Waals surface area contributed by atoms with Gasteiger partial charge >= 0.3 is 0 Å². The van der Waals surface area contributed by atoms with Crippen molar-refractivity contribution in [2.24, 2.45) is 0 Å². The zero-order valence-electron chi connectivity index (χ0n) is 13.1. The van der Waals surface area contributed by atoms with Crippen LogP contribution in [0, 0.1) is 11.3 Å². The van der Waals surface area contributed by atoms with Crippen molar-refractivity contribution in [1.82, 2.24) is 9.88 Å². The number of amides is 1. The fourth-order valence-electron chi connectivity index (χ4n) is 2.29. The smallest absolute Gasteiger partial charge is 0.254 e. The third-order valence-corrected chi connectivity index (χ3v) is 3.36. The number of methoxy groups -OCH3 is 1. The minimum absolute atomic E-state index is 0.0953. The van der Waals surface area contributed by atoms with E-state index in [1.54, 1.807) is 30.5 Å². The molecular weight excluding hydrogens is 290 g/mol. The van der Waals surface area contributed by atoms with Crippen molar-refractivity contribution in [2.45, 2.75) is 19.6 Å². The normalized spacial score (nSPS) is 10.1. The molecule has 0 N–H and O–H groups in total. The Morgan fingerprint density at radius 3 is 2.83 bits per heavy atom. The van der Waals surface area contributed by atoms with Crippen molar-refractivity contribution >= 4 is 5.91 Å². The fourth-order valence-corrected chi connectivity index (χ4v) is 2.29. The number of hydrogen-bond donors (Lipinski definition) is 0. The van der Waals surface area contributed by atoms with Gasteiger partial charge in [-0.15, -0.1) is 0 Å². The van der Waals surface area contributed by atoms with Crippen LogP contribution in [0.15, 0.2) is 48.8 Å². The molecule has 0 bridgehead atoms. The summed E-state index contributed by atoms with van der Waals surface area (Å²) in [5.74, 6) is -0.0953. The first kappa shape index (κ1) is 16.7. The summed E-state index contributed by atoms with van der Waals surface area (Å²) in [4.78, 5) is 18.5. The van der Waals surface area contributed by atoms with Crippen LogP contribution in [0.1, 0.15) is 27.9 Å². The van der Waals surface area contributed by atoms with E-state index in [4.69, 9.17) is 10.00 Å². The Balaban J connectivity index is 2.19. The topological polar surface area (TPSA) is 66.2 Å². The SMILES string of the molecule is COCc1cccc(C(=O)N(CCC#N)Cc2cccnc2)c1. The first-order valence-electron chi connectivity index (χ1n) is 7.37. The highest BCUT2D eigenvalue weighted by molar-refractivity contribution is 5.94. The van der Waals surface area contributed by atoms with Crippen LogP contribution in [-0.4, -0.2) is 29.4 Å². The van der Waals surface area contributed by atoms with Gasteiger partial charge in [0, 0.05) is 38.2 Å². The molecule has 0 fully saturated rings. The second-order valence-corrected chi connectivity index (χ2v) is 5.13. The number of carbonyl (C=O) groups excluding carboxylic acids is 1. The summed E-state index contributed by atoms with van der Waals surface area (Å²) in [7, 11) is 1.62. The molecule has 1 amide bonds. The molecule has 5 nitrogen and oxygen atoms in total. The van der Waals surface area contributed by atoms with Crippen LogP contribution in [0.3, 0.4) is 0 Å². The monoisotopic (exact) mass is 309 g/mol. The Morgan fingerprint density at radius 1 is 1.30 bits per heavy atom. The van der Waals surface area contributed by atoms with Crippen molar-refractivity contribution in [3.8, 4) is 6.07 Å². The molecule has 0 saturated heterocycles. The summed E-state index contributed by atoms with van der Waals surface area (Å²) in [6, 6.07) is 13.2. The lowest BCUT2D eigenvalue weighted by Gasteiger charge is -2.22. The van der Waals surface area contributed by atoms with Gasteiger partial charge in [0.15, 0.2) is 0 Å². The summed E-state index contributed by atoms with van der Waals surface area (Å²) in [5, 5.41) is 8.83. The second-order valence-electron chi connectivity index (χ2n) is 5.13. The number of ether oxygens (including phenoxy) is 1. The van der Waals surface area contributed by atoms with Crippen molar-refractivity contribution in [3.05, 3.63) is 65.5 Å². The third kappa shape index (κ3) is 4.90. The first-order valence-corrected chi connectivity index (χ1v) is 7.37. The molecule has 0 aliphatic carbocycles. The molecule has 2 rings (SSSR count). The summed E-state index contributed by atoms with van der Waals surface area (Å²) >= 11 is 0. The van der Waals surface area contributed by atoms with Gasteiger partial charge in [-0.3, -0.25) is 9.78 Å². The van der Waals surface area contributed by atoms with E-state index in [-0.39, 0.29) is 5.91 Å². The molecule has 0 spiro atoms. The van der Waals surface area contributed by atoms with E-state index in [1.807, 2.05) is 30.3 Å². The molecule has 1 heterocycles. The number of hydrogen-bond acceptors (Lipinski definition) is 4. The quantitative estimate of drug-likeness (QED) is 0.789. The summed E-state index contributed by atoms with van der Waals surface area (Å²) in [5.41, 5.74) is 2.48. The van der Waals surface area contributed by atoms with E-state index in [9.17, 15) is 4.79 Å². The second kappa shape index (κ2) is 8.66. The maximum absolute atomic E-state index is 12.8. The van der Waals surface area contributed by atoms with Crippen LogP contribution in [0.25, 0.3) is 0 Å². The molecule has 118 valence electrons. The molecule has 0 aliphatic heterocycles. The van der Waals surface area contributed by atoms with Gasteiger partial charge in [0.2, 0.25) is 0 Å². The van der Waals surface area contributed by atoms with E-state index in [2.05, 4.69) is 11.1 Å². The van der Waals surface area contributed by atoms with Crippen LogP contribution in [0.5, 0.6) is 0 Å². The van der Waals surface area contributed by atoms with Gasteiger partial charge in [-0.2, -0.15) is 5.26 Å². The maximum Gasteiger partial charge on any atom is 0.254 e. The van der Waals surface area contributed by atoms with Crippen molar-refractivity contribution in [2.75, 3.05) is 13.7 Å². The lowest BCUT2D eigenvalue weighted by Crippen LogP contribution is -2.31. The molecule has 23 heavy (non-hydrogen) atoms. The minimum atomic E-state index is -0.0953. The van der Waals surface area contributed by atoms with Crippen molar-refractivity contribution < 1.29 is 9.53 Å². The maximum atomic E-state index is 12.8. The molecule has 0 unspecified atom stereocenters. The van der Waals surface area contributed by atoms with E-state index in [0.717, 1.165) is 11.1 Å².